The smallest absolute Gasteiger partial charge is 0.273 e. The first-order valence-corrected chi connectivity index (χ1v) is 9.38. The van der Waals surface area contributed by atoms with Gasteiger partial charge in [-0.25, -0.2) is 4.98 Å². The maximum atomic E-state index is 12.4. The number of carbonyl (C=O) groups is 1. The predicted octanol–water partition coefficient (Wildman–Crippen LogP) is 2.53. The van der Waals surface area contributed by atoms with Gasteiger partial charge in [-0.05, 0) is 24.1 Å². The van der Waals surface area contributed by atoms with Crippen molar-refractivity contribution in [2.45, 2.75) is 24.8 Å². The summed E-state index contributed by atoms with van der Waals surface area (Å²) in [6.45, 7) is 0. The molecule has 144 valence electrons. The highest BCUT2D eigenvalue weighted by Gasteiger charge is 2.39. The molecule has 5 rings (SSSR count). The van der Waals surface area contributed by atoms with E-state index in [1.165, 1.54) is 16.6 Å². The van der Waals surface area contributed by atoms with Crippen LogP contribution in [-0.4, -0.2) is 36.9 Å². The van der Waals surface area contributed by atoms with Crippen molar-refractivity contribution in [2.24, 2.45) is 0 Å². The zero-order chi connectivity index (χ0) is 19.6. The summed E-state index contributed by atoms with van der Waals surface area (Å²) in [6.07, 6.45) is 7.64. The Bertz CT molecular complexity index is 1110. The number of benzene rings is 1. The maximum absolute atomic E-state index is 12.4. The van der Waals surface area contributed by atoms with Gasteiger partial charge in [0.15, 0.2) is 5.69 Å². The molecule has 8 nitrogen and oxygen atoms in total. The van der Waals surface area contributed by atoms with Gasteiger partial charge in [0, 0.05) is 17.7 Å². The number of aromatic nitrogens is 5. The largest absolute Gasteiger partial charge is 0.448 e. The second-order valence-corrected chi connectivity index (χ2v) is 6.96. The van der Waals surface area contributed by atoms with Crippen molar-refractivity contribution in [3.05, 3.63) is 90.2 Å². The zero-order valence-corrected chi connectivity index (χ0v) is 15.5. The Kier molecular flexibility index (Phi) is 4.36. The first-order valence-electron chi connectivity index (χ1n) is 9.38. The molecule has 3 heterocycles. The first kappa shape index (κ1) is 17.3. The summed E-state index contributed by atoms with van der Waals surface area (Å²) < 4.78 is 5.46. The maximum Gasteiger partial charge on any atom is 0.273 e. The number of carbonyl (C=O) groups excluding carboxylic acids is 1. The van der Waals surface area contributed by atoms with Crippen LogP contribution in [-0.2, 0) is 6.42 Å². The molecule has 1 amide bonds. The minimum atomic E-state index is -0.212. The van der Waals surface area contributed by atoms with Crippen molar-refractivity contribution >= 4 is 5.91 Å². The lowest BCUT2D eigenvalue weighted by Gasteiger charge is -2.02. The first-order chi connectivity index (χ1) is 14.3. The van der Waals surface area contributed by atoms with Crippen LogP contribution < -0.4 is 5.32 Å². The second kappa shape index (κ2) is 7.31. The minimum Gasteiger partial charge on any atom is -0.448 e. The van der Waals surface area contributed by atoms with Gasteiger partial charge in [0.2, 0.25) is 5.89 Å². The van der Waals surface area contributed by atoms with Gasteiger partial charge < -0.3 is 9.73 Å². The van der Waals surface area contributed by atoms with E-state index in [1.807, 2.05) is 30.3 Å². The van der Waals surface area contributed by atoms with E-state index < -0.39 is 0 Å². The molecule has 2 unspecified atom stereocenters. The average Bonchev–Trinajstić information content (AvgIpc) is 3.12. The summed E-state index contributed by atoms with van der Waals surface area (Å²) in [5, 5.41) is 11.2. The van der Waals surface area contributed by atoms with Gasteiger partial charge in [-0.3, -0.25) is 9.78 Å². The normalized spacial score (nSPS) is 17.8. The molecule has 1 N–H and O–H groups in total. The van der Waals surface area contributed by atoms with Crippen molar-refractivity contribution in [3.8, 4) is 5.69 Å². The summed E-state index contributed by atoms with van der Waals surface area (Å²) in [4.78, 5) is 22.6. The minimum absolute atomic E-state index is 0.148. The van der Waals surface area contributed by atoms with E-state index >= 15 is 0 Å². The van der Waals surface area contributed by atoms with Crippen molar-refractivity contribution in [1.82, 2.24) is 30.3 Å². The van der Waals surface area contributed by atoms with Crippen LogP contribution in [0.1, 0.15) is 40.0 Å². The highest BCUT2D eigenvalue weighted by Crippen LogP contribution is 2.40. The van der Waals surface area contributed by atoms with E-state index in [-0.39, 0.29) is 17.6 Å². The number of nitrogens with one attached hydrogen (secondary N) is 1. The molecule has 0 bridgehead atoms. The Labute approximate surface area is 166 Å². The molecule has 1 aliphatic rings. The summed E-state index contributed by atoms with van der Waals surface area (Å²) in [6, 6.07) is 14.1. The molecule has 4 aromatic rings. The van der Waals surface area contributed by atoms with Gasteiger partial charge in [-0.1, -0.05) is 30.3 Å². The Balaban J connectivity index is 1.19. The topological polar surface area (TPSA) is 98.7 Å². The fraction of sp³-hybridized carbons (Fsp3) is 0.190. The van der Waals surface area contributed by atoms with E-state index in [0.717, 1.165) is 17.8 Å². The van der Waals surface area contributed by atoms with E-state index in [1.54, 1.807) is 18.6 Å². The molecule has 0 spiro atoms. The van der Waals surface area contributed by atoms with Crippen LogP contribution in [0.2, 0.25) is 0 Å². The lowest BCUT2D eigenvalue weighted by atomic mass is 10.1. The molecule has 0 radical (unpaired) electrons. The molecule has 0 aliphatic heterocycles. The molecule has 2 atom stereocenters. The quantitative estimate of drug-likeness (QED) is 0.547. The van der Waals surface area contributed by atoms with Crippen LogP contribution in [0.3, 0.4) is 0 Å². The summed E-state index contributed by atoms with van der Waals surface area (Å²) in [5.74, 6) is 0.609. The number of amides is 1. The number of pyridine rings is 1. The van der Waals surface area contributed by atoms with Gasteiger partial charge >= 0.3 is 0 Å². The number of rotatable bonds is 6. The highest BCUT2D eigenvalue weighted by atomic mass is 16.3. The van der Waals surface area contributed by atoms with Crippen molar-refractivity contribution < 1.29 is 9.21 Å². The molecule has 1 aromatic carbocycles. The van der Waals surface area contributed by atoms with Crippen molar-refractivity contribution in [1.29, 1.82) is 0 Å². The zero-order valence-electron chi connectivity index (χ0n) is 15.5. The fourth-order valence-corrected chi connectivity index (χ4v) is 3.31. The van der Waals surface area contributed by atoms with Crippen molar-refractivity contribution in [2.75, 3.05) is 0 Å². The van der Waals surface area contributed by atoms with Crippen LogP contribution in [0.15, 0.2) is 71.7 Å². The molecule has 1 fully saturated rings. The molecule has 3 aromatic heterocycles. The number of oxazole rings is 1. The molecule has 29 heavy (non-hydrogen) atoms. The summed E-state index contributed by atoms with van der Waals surface area (Å²) >= 11 is 0. The van der Waals surface area contributed by atoms with E-state index in [9.17, 15) is 4.79 Å². The van der Waals surface area contributed by atoms with Crippen LogP contribution >= 0.6 is 0 Å². The fourth-order valence-electron chi connectivity index (χ4n) is 3.31. The Morgan fingerprint density at radius 1 is 1.14 bits per heavy atom. The molecule has 8 heteroatoms. The third-order valence-corrected chi connectivity index (χ3v) is 4.91. The third kappa shape index (κ3) is 3.77. The van der Waals surface area contributed by atoms with Crippen LogP contribution in [0.5, 0.6) is 0 Å². The summed E-state index contributed by atoms with van der Waals surface area (Å²) in [5.41, 5.74) is 3.08. The van der Waals surface area contributed by atoms with Gasteiger partial charge in [-0.15, -0.1) is 0 Å². The number of hydrogen-bond acceptors (Lipinski definition) is 6. The third-order valence-electron chi connectivity index (χ3n) is 4.91. The van der Waals surface area contributed by atoms with Crippen LogP contribution in [0.4, 0.5) is 0 Å². The monoisotopic (exact) mass is 386 g/mol. The Morgan fingerprint density at radius 2 is 1.97 bits per heavy atom. The van der Waals surface area contributed by atoms with E-state index in [2.05, 4.69) is 37.6 Å². The lowest BCUT2D eigenvalue weighted by Crippen LogP contribution is -2.26. The number of hydrogen-bond donors (Lipinski definition) is 1. The average molecular weight is 386 g/mol. The van der Waals surface area contributed by atoms with Crippen molar-refractivity contribution in [3.63, 3.8) is 0 Å². The van der Waals surface area contributed by atoms with Gasteiger partial charge in [0.25, 0.3) is 5.91 Å². The van der Waals surface area contributed by atoms with Crippen LogP contribution in [0, 0.1) is 0 Å². The molecule has 1 saturated carbocycles. The molecular formula is C21H18N6O2. The standard InChI is InChI=1S/C21H18N6O2/c28-21(26-18-11-17(18)14-4-2-1-3-5-14)19-13-29-20(25-19)10-15-6-7-16(12-22-15)27-23-8-9-24-27/h1-9,12-13,17-18H,10-11H2,(H,26,28). The second-order valence-electron chi connectivity index (χ2n) is 6.96. The SMILES string of the molecule is O=C(NC1CC1c1ccccc1)c1coc(Cc2ccc(-n3nccn3)cn2)n1. The van der Waals surface area contributed by atoms with Crippen LogP contribution in [0.25, 0.3) is 5.69 Å². The van der Waals surface area contributed by atoms with E-state index in [4.69, 9.17) is 4.42 Å². The van der Waals surface area contributed by atoms with Gasteiger partial charge in [0.05, 0.1) is 25.0 Å². The number of nitrogens with zero attached hydrogens (tertiary/aromatic N) is 5. The Morgan fingerprint density at radius 3 is 2.72 bits per heavy atom. The van der Waals surface area contributed by atoms with Gasteiger partial charge in [0.1, 0.15) is 12.0 Å². The Hall–Kier alpha value is -3.81. The molecular weight excluding hydrogens is 368 g/mol. The molecule has 0 saturated heterocycles. The predicted molar refractivity (Wildman–Crippen MR) is 104 cm³/mol. The van der Waals surface area contributed by atoms with E-state index in [0.29, 0.717) is 18.2 Å². The highest BCUT2D eigenvalue weighted by molar-refractivity contribution is 5.92. The lowest BCUT2D eigenvalue weighted by molar-refractivity contribution is 0.0945. The van der Waals surface area contributed by atoms with Gasteiger partial charge in [-0.2, -0.15) is 15.0 Å². The molecule has 1 aliphatic carbocycles. The summed E-state index contributed by atoms with van der Waals surface area (Å²) in [7, 11) is 0.